The summed E-state index contributed by atoms with van der Waals surface area (Å²) in [6, 6.07) is 4.29. The highest BCUT2D eigenvalue weighted by molar-refractivity contribution is 7.89. The molecule has 0 aliphatic heterocycles. The normalized spacial score (nSPS) is 11.3. The quantitative estimate of drug-likeness (QED) is 0.744. The van der Waals surface area contributed by atoms with Crippen molar-refractivity contribution in [2.45, 2.75) is 25.7 Å². The zero-order chi connectivity index (χ0) is 17.6. The first kappa shape index (κ1) is 19.1. The van der Waals surface area contributed by atoms with Gasteiger partial charge in [-0.2, -0.15) is 4.31 Å². The third kappa shape index (κ3) is 4.52. The van der Waals surface area contributed by atoms with Gasteiger partial charge in [-0.3, -0.25) is 4.79 Å². The summed E-state index contributed by atoms with van der Waals surface area (Å²) in [4.78, 5) is 23.2. The van der Waals surface area contributed by atoms with Crippen LogP contribution in [0.25, 0.3) is 0 Å². The molecule has 0 radical (unpaired) electrons. The van der Waals surface area contributed by atoms with Gasteiger partial charge in [0.15, 0.2) is 6.61 Å². The highest BCUT2D eigenvalue weighted by Gasteiger charge is 2.24. The molecule has 23 heavy (non-hydrogen) atoms. The van der Waals surface area contributed by atoms with E-state index >= 15 is 0 Å². The van der Waals surface area contributed by atoms with Gasteiger partial charge in [-0.1, -0.05) is 19.9 Å². The SMILES string of the molecule is CCN(CC)S(=O)(=O)c1ccc(C)c(C(=O)OCC(=O)NC)c1. The van der Waals surface area contributed by atoms with E-state index in [0.29, 0.717) is 18.7 Å². The fourth-order valence-corrected chi connectivity index (χ4v) is 3.46. The van der Waals surface area contributed by atoms with Crippen molar-refractivity contribution in [3.05, 3.63) is 29.3 Å². The molecule has 0 saturated heterocycles. The van der Waals surface area contributed by atoms with Gasteiger partial charge in [0.2, 0.25) is 10.0 Å². The number of amides is 1. The predicted molar refractivity (Wildman–Crippen MR) is 85.6 cm³/mol. The summed E-state index contributed by atoms with van der Waals surface area (Å²) >= 11 is 0. The van der Waals surface area contributed by atoms with Gasteiger partial charge >= 0.3 is 5.97 Å². The molecule has 0 aliphatic carbocycles. The summed E-state index contributed by atoms with van der Waals surface area (Å²) in [6.07, 6.45) is 0. The van der Waals surface area contributed by atoms with E-state index in [1.807, 2.05) is 0 Å². The Labute approximate surface area is 136 Å². The molecule has 1 N–H and O–H groups in total. The summed E-state index contributed by atoms with van der Waals surface area (Å²) in [5.74, 6) is -1.18. The smallest absolute Gasteiger partial charge is 0.338 e. The van der Waals surface area contributed by atoms with Gasteiger partial charge in [-0.25, -0.2) is 13.2 Å². The van der Waals surface area contributed by atoms with E-state index in [9.17, 15) is 18.0 Å². The maximum absolute atomic E-state index is 12.5. The first-order valence-electron chi connectivity index (χ1n) is 7.26. The molecule has 0 unspecified atom stereocenters. The molecule has 1 aromatic rings. The minimum atomic E-state index is -3.66. The lowest BCUT2D eigenvalue weighted by molar-refractivity contribution is -0.123. The molecule has 128 valence electrons. The highest BCUT2D eigenvalue weighted by Crippen LogP contribution is 2.20. The standard InChI is InChI=1S/C15H22N2O5S/c1-5-17(6-2)23(20,21)12-8-7-11(3)13(9-12)15(19)22-10-14(18)16-4/h7-9H,5-6,10H2,1-4H3,(H,16,18). The molecule has 1 aromatic carbocycles. The molecule has 0 fully saturated rings. The van der Waals surface area contributed by atoms with Crippen molar-refractivity contribution < 1.29 is 22.7 Å². The Morgan fingerprint density at radius 2 is 1.83 bits per heavy atom. The second kappa shape index (κ2) is 8.07. The third-order valence-electron chi connectivity index (χ3n) is 3.39. The van der Waals surface area contributed by atoms with Crippen LogP contribution in [-0.2, 0) is 19.6 Å². The molecule has 0 atom stereocenters. The van der Waals surface area contributed by atoms with Gasteiger partial charge in [0.25, 0.3) is 5.91 Å². The molecule has 7 nitrogen and oxygen atoms in total. The van der Waals surface area contributed by atoms with Crippen LogP contribution in [0.15, 0.2) is 23.1 Å². The molecule has 0 heterocycles. The minimum absolute atomic E-state index is 0.0266. The van der Waals surface area contributed by atoms with Gasteiger partial charge in [0, 0.05) is 20.1 Å². The average Bonchev–Trinajstić information content (AvgIpc) is 2.53. The minimum Gasteiger partial charge on any atom is -0.452 e. The van der Waals surface area contributed by atoms with Crippen LogP contribution in [0.4, 0.5) is 0 Å². The Hall–Kier alpha value is -1.93. The van der Waals surface area contributed by atoms with Gasteiger partial charge < -0.3 is 10.1 Å². The summed E-state index contributed by atoms with van der Waals surface area (Å²) in [6.45, 7) is 5.42. The van der Waals surface area contributed by atoms with Crippen LogP contribution in [0.3, 0.4) is 0 Å². The average molecular weight is 342 g/mol. The van der Waals surface area contributed by atoms with Crippen molar-refractivity contribution in [3.8, 4) is 0 Å². The van der Waals surface area contributed by atoms with Crippen LogP contribution in [0, 0.1) is 6.92 Å². The summed E-state index contributed by atoms with van der Waals surface area (Å²) in [5.41, 5.74) is 0.701. The van der Waals surface area contributed by atoms with Crippen LogP contribution in [-0.4, -0.2) is 51.3 Å². The Morgan fingerprint density at radius 3 is 2.35 bits per heavy atom. The number of ether oxygens (including phenoxy) is 1. The van der Waals surface area contributed by atoms with Gasteiger partial charge in [0.1, 0.15) is 0 Å². The number of hydrogen-bond donors (Lipinski definition) is 1. The number of esters is 1. The molecule has 0 bridgehead atoms. The molecule has 0 spiro atoms. The van der Waals surface area contributed by atoms with E-state index in [1.54, 1.807) is 26.8 Å². The van der Waals surface area contributed by atoms with Crippen LogP contribution in [0.2, 0.25) is 0 Å². The van der Waals surface area contributed by atoms with Crippen molar-refractivity contribution in [1.29, 1.82) is 0 Å². The molecule has 1 amide bonds. The summed E-state index contributed by atoms with van der Waals surface area (Å²) in [5, 5.41) is 2.33. The van der Waals surface area contributed by atoms with Crippen LogP contribution >= 0.6 is 0 Å². The molecule has 1 rings (SSSR count). The number of rotatable bonds is 7. The second-order valence-corrected chi connectivity index (χ2v) is 6.75. The van der Waals surface area contributed by atoms with Crippen molar-refractivity contribution in [3.63, 3.8) is 0 Å². The molecule has 0 saturated carbocycles. The van der Waals surface area contributed by atoms with E-state index in [-0.39, 0.29) is 10.5 Å². The fourth-order valence-electron chi connectivity index (χ4n) is 1.98. The highest BCUT2D eigenvalue weighted by atomic mass is 32.2. The lowest BCUT2D eigenvalue weighted by Crippen LogP contribution is -2.31. The first-order chi connectivity index (χ1) is 10.8. The molecule has 8 heteroatoms. The number of hydrogen-bond acceptors (Lipinski definition) is 5. The zero-order valence-electron chi connectivity index (χ0n) is 13.8. The van der Waals surface area contributed by atoms with Crippen molar-refractivity contribution in [2.24, 2.45) is 0 Å². The van der Waals surface area contributed by atoms with Gasteiger partial charge in [-0.05, 0) is 24.6 Å². The lowest BCUT2D eigenvalue weighted by atomic mass is 10.1. The molecular weight excluding hydrogens is 320 g/mol. The monoisotopic (exact) mass is 342 g/mol. The van der Waals surface area contributed by atoms with Crippen molar-refractivity contribution in [1.82, 2.24) is 9.62 Å². The Bertz CT molecular complexity index is 681. The molecule has 0 aliphatic rings. The molecule has 0 aromatic heterocycles. The maximum atomic E-state index is 12.5. The van der Waals surface area contributed by atoms with E-state index in [4.69, 9.17) is 4.74 Å². The number of sulfonamides is 1. The summed E-state index contributed by atoms with van der Waals surface area (Å²) in [7, 11) is -2.23. The Balaban J connectivity index is 3.13. The lowest BCUT2D eigenvalue weighted by Gasteiger charge is -2.19. The van der Waals surface area contributed by atoms with E-state index in [2.05, 4.69) is 5.32 Å². The van der Waals surface area contributed by atoms with Crippen LogP contribution in [0.1, 0.15) is 29.8 Å². The van der Waals surface area contributed by atoms with E-state index in [0.717, 1.165) is 0 Å². The number of carbonyl (C=O) groups is 2. The first-order valence-corrected chi connectivity index (χ1v) is 8.70. The van der Waals surface area contributed by atoms with Crippen molar-refractivity contribution in [2.75, 3.05) is 26.7 Å². The second-order valence-electron chi connectivity index (χ2n) is 4.82. The Kier molecular flexibility index (Phi) is 6.71. The number of nitrogens with one attached hydrogen (secondary N) is 1. The number of benzene rings is 1. The van der Waals surface area contributed by atoms with Crippen LogP contribution in [0.5, 0.6) is 0 Å². The largest absolute Gasteiger partial charge is 0.452 e. The summed E-state index contributed by atoms with van der Waals surface area (Å²) < 4.78 is 31.2. The molecular formula is C15H22N2O5S. The third-order valence-corrected chi connectivity index (χ3v) is 5.43. The van der Waals surface area contributed by atoms with E-state index < -0.39 is 28.5 Å². The van der Waals surface area contributed by atoms with E-state index in [1.165, 1.54) is 23.5 Å². The van der Waals surface area contributed by atoms with Gasteiger partial charge in [0.05, 0.1) is 10.5 Å². The number of nitrogens with zero attached hydrogens (tertiary/aromatic N) is 1. The van der Waals surface area contributed by atoms with Crippen molar-refractivity contribution >= 4 is 21.9 Å². The van der Waals surface area contributed by atoms with Gasteiger partial charge in [-0.15, -0.1) is 0 Å². The number of likely N-dealkylation sites (N-methyl/N-ethyl adjacent to an activating group) is 1. The number of aryl methyl sites for hydroxylation is 1. The number of carbonyl (C=O) groups excluding carboxylic acids is 2. The maximum Gasteiger partial charge on any atom is 0.338 e. The van der Waals surface area contributed by atoms with Crippen LogP contribution < -0.4 is 5.32 Å². The Morgan fingerprint density at radius 1 is 1.22 bits per heavy atom. The fraction of sp³-hybridized carbons (Fsp3) is 0.467. The zero-order valence-corrected chi connectivity index (χ0v) is 14.6. The predicted octanol–water partition coefficient (Wildman–Crippen LogP) is 0.928. The topological polar surface area (TPSA) is 92.8 Å².